The molecule has 114 valence electrons. The Bertz CT molecular complexity index is 743. The summed E-state index contributed by atoms with van der Waals surface area (Å²) < 4.78 is 0.211. The summed E-state index contributed by atoms with van der Waals surface area (Å²) in [6, 6.07) is 11.0. The van der Waals surface area contributed by atoms with Crippen LogP contribution in [0.3, 0.4) is 0 Å². The van der Waals surface area contributed by atoms with Gasteiger partial charge in [0.25, 0.3) is 5.56 Å². The van der Waals surface area contributed by atoms with Crippen LogP contribution in [0.4, 0.5) is 0 Å². The smallest absolute Gasteiger partial charge is 0.270 e. The molecule has 6 heteroatoms. The molecule has 1 aromatic heterocycles. The van der Waals surface area contributed by atoms with Crippen LogP contribution in [0.5, 0.6) is 0 Å². The van der Waals surface area contributed by atoms with Crippen molar-refractivity contribution in [3.05, 3.63) is 51.0 Å². The molecule has 1 fully saturated rings. The average Bonchev–Trinajstić information content (AvgIpc) is 2.57. The van der Waals surface area contributed by atoms with Gasteiger partial charge >= 0.3 is 0 Å². The number of aromatic nitrogens is 2. The summed E-state index contributed by atoms with van der Waals surface area (Å²) >= 11 is 4.87. The molecule has 0 aliphatic carbocycles. The van der Waals surface area contributed by atoms with Crippen LogP contribution in [0, 0.1) is 16.1 Å². The maximum atomic E-state index is 11.5. The first-order valence-corrected chi connectivity index (χ1v) is 7.66. The summed E-state index contributed by atoms with van der Waals surface area (Å²) in [5, 5.41) is 12.2. The number of nitrogens with zero attached hydrogens (tertiary/aromatic N) is 1. The Hall–Kier alpha value is -2.23. The van der Waals surface area contributed by atoms with Gasteiger partial charge in [-0.3, -0.25) is 9.78 Å². The Labute approximate surface area is 134 Å². The maximum absolute atomic E-state index is 11.5. The Kier molecular flexibility index (Phi) is 6.07. The van der Waals surface area contributed by atoms with E-state index in [2.05, 4.69) is 15.3 Å². The van der Waals surface area contributed by atoms with Crippen molar-refractivity contribution >= 4 is 12.2 Å². The molecule has 0 amide bonds. The minimum atomic E-state index is -0.467. The molecule has 0 bridgehead atoms. The van der Waals surface area contributed by atoms with Gasteiger partial charge in [0, 0.05) is 0 Å². The van der Waals surface area contributed by atoms with Crippen molar-refractivity contribution in [1.82, 2.24) is 15.3 Å². The Morgan fingerprint density at radius 2 is 1.73 bits per heavy atom. The maximum Gasteiger partial charge on any atom is 0.270 e. The van der Waals surface area contributed by atoms with Gasteiger partial charge in [-0.1, -0.05) is 36.8 Å². The molecule has 0 unspecified atom stereocenters. The number of nitriles is 1. The van der Waals surface area contributed by atoms with Crippen LogP contribution in [0.15, 0.2) is 35.1 Å². The van der Waals surface area contributed by atoms with Crippen molar-refractivity contribution in [2.24, 2.45) is 0 Å². The van der Waals surface area contributed by atoms with E-state index in [1.165, 1.54) is 32.4 Å². The number of benzene rings is 1. The molecule has 1 aliphatic rings. The van der Waals surface area contributed by atoms with E-state index in [-0.39, 0.29) is 10.3 Å². The molecule has 2 aromatic rings. The van der Waals surface area contributed by atoms with Crippen LogP contribution >= 0.6 is 12.2 Å². The van der Waals surface area contributed by atoms with Crippen molar-refractivity contribution < 1.29 is 0 Å². The molecule has 0 saturated carbocycles. The average molecular weight is 314 g/mol. The first kappa shape index (κ1) is 16.1. The summed E-state index contributed by atoms with van der Waals surface area (Å²) in [4.78, 5) is 16.7. The number of hydrogen-bond donors (Lipinski definition) is 3. The van der Waals surface area contributed by atoms with Gasteiger partial charge in [-0.15, -0.1) is 0 Å². The summed E-state index contributed by atoms with van der Waals surface area (Å²) in [5.74, 6) is 0. The van der Waals surface area contributed by atoms with E-state index < -0.39 is 5.56 Å². The van der Waals surface area contributed by atoms with Crippen molar-refractivity contribution in [1.29, 1.82) is 5.26 Å². The molecular weight excluding hydrogens is 296 g/mol. The van der Waals surface area contributed by atoms with Crippen LogP contribution in [0.2, 0.25) is 0 Å². The molecule has 0 spiro atoms. The number of aromatic amines is 2. The van der Waals surface area contributed by atoms with E-state index in [1.807, 2.05) is 24.3 Å². The second kappa shape index (κ2) is 8.27. The quantitative estimate of drug-likeness (QED) is 0.707. The van der Waals surface area contributed by atoms with Gasteiger partial charge in [-0.25, -0.2) is 0 Å². The summed E-state index contributed by atoms with van der Waals surface area (Å²) in [7, 11) is 0. The highest BCUT2D eigenvalue weighted by Gasteiger charge is 2.08. The van der Waals surface area contributed by atoms with Gasteiger partial charge < -0.3 is 10.3 Å². The molecule has 5 nitrogen and oxygen atoms in total. The number of H-pyrrole nitrogens is 2. The molecule has 2 heterocycles. The first-order valence-electron chi connectivity index (χ1n) is 7.25. The zero-order chi connectivity index (χ0) is 15.8. The molecular formula is C16H18N4OS. The SMILES string of the molecule is C1CCNCC1.N#Cc1c(-c2ccccc2)[nH]c(=S)[nH]c1=O. The fraction of sp³-hybridized carbons (Fsp3) is 0.312. The van der Waals surface area contributed by atoms with Crippen molar-refractivity contribution in [2.75, 3.05) is 13.1 Å². The number of nitrogens with one attached hydrogen (secondary N) is 3. The standard InChI is InChI=1S/C11H7N3OS.C5H11N/c12-6-8-9(7-4-2-1-3-5-7)13-11(16)14-10(8)15;1-2-4-6-5-3-1/h1-5H,(H2,13,14,15,16);6H,1-5H2. The highest BCUT2D eigenvalue weighted by molar-refractivity contribution is 7.71. The first-order chi connectivity index (χ1) is 10.7. The zero-order valence-electron chi connectivity index (χ0n) is 12.2. The van der Waals surface area contributed by atoms with Crippen molar-refractivity contribution in [3.8, 4) is 17.3 Å². The third-order valence-electron chi connectivity index (χ3n) is 3.32. The molecule has 0 atom stereocenters. The van der Waals surface area contributed by atoms with Gasteiger partial charge in [-0.05, 0) is 43.7 Å². The van der Waals surface area contributed by atoms with Crippen LogP contribution < -0.4 is 10.9 Å². The van der Waals surface area contributed by atoms with Gasteiger partial charge in [0.15, 0.2) is 4.77 Å². The lowest BCUT2D eigenvalue weighted by molar-refractivity contribution is 0.520. The number of hydrogen-bond acceptors (Lipinski definition) is 4. The number of piperidine rings is 1. The molecule has 3 N–H and O–H groups in total. The largest absolute Gasteiger partial charge is 0.331 e. The van der Waals surface area contributed by atoms with E-state index >= 15 is 0 Å². The van der Waals surface area contributed by atoms with Crippen molar-refractivity contribution in [2.45, 2.75) is 19.3 Å². The predicted octanol–water partition coefficient (Wildman–Crippen LogP) is 2.73. The molecule has 22 heavy (non-hydrogen) atoms. The molecule has 1 aromatic carbocycles. The van der Waals surface area contributed by atoms with Crippen molar-refractivity contribution in [3.63, 3.8) is 0 Å². The highest BCUT2D eigenvalue weighted by atomic mass is 32.1. The minimum absolute atomic E-state index is 0.0415. The molecule has 0 radical (unpaired) electrons. The molecule has 1 saturated heterocycles. The van der Waals surface area contributed by atoms with Crippen LogP contribution in [-0.4, -0.2) is 23.1 Å². The monoisotopic (exact) mass is 314 g/mol. The van der Waals surface area contributed by atoms with Gasteiger partial charge in [0.2, 0.25) is 0 Å². The Morgan fingerprint density at radius 1 is 1.05 bits per heavy atom. The summed E-state index contributed by atoms with van der Waals surface area (Å²) in [5.41, 5.74) is 0.790. The predicted molar refractivity (Wildman–Crippen MR) is 89.1 cm³/mol. The van der Waals surface area contributed by atoms with E-state index in [0.717, 1.165) is 5.56 Å². The lowest BCUT2D eigenvalue weighted by Crippen LogP contribution is -2.21. The third-order valence-corrected chi connectivity index (χ3v) is 3.53. The topological polar surface area (TPSA) is 84.5 Å². The molecule has 3 rings (SSSR count). The van der Waals surface area contributed by atoms with E-state index in [9.17, 15) is 4.79 Å². The van der Waals surface area contributed by atoms with Gasteiger partial charge in [0.1, 0.15) is 11.6 Å². The summed E-state index contributed by atoms with van der Waals surface area (Å²) in [6.07, 6.45) is 4.22. The van der Waals surface area contributed by atoms with Crippen LogP contribution in [-0.2, 0) is 0 Å². The minimum Gasteiger partial charge on any atom is -0.331 e. The third kappa shape index (κ3) is 4.38. The highest BCUT2D eigenvalue weighted by Crippen LogP contribution is 2.17. The zero-order valence-corrected chi connectivity index (χ0v) is 13.0. The fourth-order valence-electron chi connectivity index (χ4n) is 2.22. The van der Waals surface area contributed by atoms with Crippen LogP contribution in [0.25, 0.3) is 11.3 Å². The lowest BCUT2D eigenvalue weighted by atomic mass is 10.1. The Morgan fingerprint density at radius 3 is 2.23 bits per heavy atom. The normalized spacial score (nSPS) is 13.6. The summed E-state index contributed by atoms with van der Waals surface area (Å²) in [6.45, 7) is 2.50. The van der Waals surface area contributed by atoms with Crippen LogP contribution in [0.1, 0.15) is 24.8 Å². The van der Waals surface area contributed by atoms with E-state index in [0.29, 0.717) is 5.69 Å². The number of rotatable bonds is 1. The molecule has 1 aliphatic heterocycles. The van der Waals surface area contributed by atoms with Gasteiger partial charge in [-0.2, -0.15) is 5.26 Å². The lowest BCUT2D eigenvalue weighted by Gasteiger charge is -2.08. The second-order valence-electron chi connectivity index (χ2n) is 4.95. The van der Waals surface area contributed by atoms with E-state index in [4.69, 9.17) is 17.5 Å². The second-order valence-corrected chi connectivity index (χ2v) is 5.35. The van der Waals surface area contributed by atoms with Gasteiger partial charge in [0.05, 0.1) is 5.69 Å². The van der Waals surface area contributed by atoms with E-state index in [1.54, 1.807) is 12.1 Å². The Balaban J connectivity index is 0.000000246. The fourth-order valence-corrected chi connectivity index (χ4v) is 2.41.